The number of para-hydroxylation sites is 2. The van der Waals surface area contributed by atoms with Gasteiger partial charge in [-0.1, -0.05) is 12.1 Å². The molecule has 1 aliphatic rings. The molecule has 0 fully saturated rings. The fraction of sp³-hybridized carbons (Fsp3) is 0.200. The van der Waals surface area contributed by atoms with Gasteiger partial charge in [0.15, 0.2) is 17.6 Å². The van der Waals surface area contributed by atoms with Gasteiger partial charge in [0.1, 0.15) is 11.3 Å². The smallest absolute Gasteiger partial charge is 0.173 e. The maximum atomic E-state index is 6.05. The summed E-state index contributed by atoms with van der Waals surface area (Å²) in [5, 5.41) is 3.38. The Kier molecular flexibility index (Phi) is 2.39. The first-order chi connectivity index (χ1) is 9.83. The van der Waals surface area contributed by atoms with E-state index in [0.29, 0.717) is 6.54 Å². The molecule has 1 N–H and O–H groups in total. The molecule has 1 unspecified atom stereocenters. The van der Waals surface area contributed by atoms with Crippen molar-refractivity contribution in [3.63, 3.8) is 0 Å². The zero-order chi connectivity index (χ0) is 13.5. The Labute approximate surface area is 116 Å². The summed E-state index contributed by atoms with van der Waals surface area (Å²) in [4.78, 5) is 9.01. The lowest BCUT2D eigenvalue weighted by atomic mass is 10.2. The van der Waals surface area contributed by atoms with E-state index < -0.39 is 0 Å². The van der Waals surface area contributed by atoms with E-state index in [1.165, 1.54) is 0 Å². The number of pyridine rings is 1. The predicted octanol–water partition coefficient (Wildman–Crippen LogP) is 2.51. The third-order valence-corrected chi connectivity index (χ3v) is 3.58. The molecule has 100 valence electrons. The van der Waals surface area contributed by atoms with Crippen LogP contribution >= 0.6 is 0 Å². The summed E-state index contributed by atoms with van der Waals surface area (Å²) in [6.45, 7) is 0.703. The molecular weight excluding hydrogens is 252 g/mol. The van der Waals surface area contributed by atoms with Crippen molar-refractivity contribution in [3.05, 3.63) is 48.4 Å². The van der Waals surface area contributed by atoms with Crippen molar-refractivity contribution in [2.45, 2.75) is 6.10 Å². The third-order valence-electron chi connectivity index (χ3n) is 3.58. The van der Waals surface area contributed by atoms with Gasteiger partial charge in [0.2, 0.25) is 0 Å². The van der Waals surface area contributed by atoms with Crippen LogP contribution in [0.25, 0.3) is 11.2 Å². The Morgan fingerprint density at radius 2 is 2.15 bits per heavy atom. The molecule has 1 atom stereocenters. The minimum atomic E-state index is -0.107. The van der Waals surface area contributed by atoms with Crippen molar-refractivity contribution in [2.75, 3.05) is 11.9 Å². The van der Waals surface area contributed by atoms with E-state index in [1.807, 2.05) is 48.0 Å². The Morgan fingerprint density at radius 1 is 1.25 bits per heavy atom. The van der Waals surface area contributed by atoms with Crippen molar-refractivity contribution >= 4 is 16.9 Å². The number of aromatic nitrogens is 3. The molecule has 0 radical (unpaired) electrons. The summed E-state index contributed by atoms with van der Waals surface area (Å²) in [7, 11) is 1.97. The number of nitrogens with zero attached hydrogens (tertiary/aromatic N) is 3. The fourth-order valence-electron chi connectivity index (χ4n) is 2.59. The molecule has 3 aromatic rings. The van der Waals surface area contributed by atoms with Gasteiger partial charge >= 0.3 is 0 Å². The first kappa shape index (κ1) is 11.3. The molecule has 5 nitrogen and oxygen atoms in total. The van der Waals surface area contributed by atoms with Gasteiger partial charge in [0.25, 0.3) is 0 Å². The van der Waals surface area contributed by atoms with Gasteiger partial charge in [-0.05, 0) is 24.3 Å². The van der Waals surface area contributed by atoms with Gasteiger partial charge in [-0.3, -0.25) is 0 Å². The lowest BCUT2D eigenvalue weighted by Crippen LogP contribution is -2.25. The van der Waals surface area contributed by atoms with Gasteiger partial charge in [-0.25, -0.2) is 9.97 Å². The molecule has 0 saturated carbocycles. The standard InChI is InChI=1S/C15H14N4O/c1-19-14-11(6-4-8-16-14)18-15(19)13-9-17-10-5-2-3-7-12(10)20-13/h2-8,13,17H,9H2,1H3. The van der Waals surface area contributed by atoms with Crippen molar-refractivity contribution in [1.82, 2.24) is 14.5 Å². The predicted molar refractivity (Wildman–Crippen MR) is 76.8 cm³/mol. The highest BCUT2D eigenvalue weighted by Crippen LogP contribution is 2.33. The SMILES string of the molecule is Cn1c(C2CNc3ccccc3O2)nc2cccnc21. The Morgan fingerprint density at radius 3 is 3.05 bits per heavy atom. The minimum absolute atomic E-state index is 0.107. The Bertz CT molecular complexity index is 780. The molecule has 1 aliphatic heterocycles. The average Bonchev–Trinajstić information content (AvgIpc) is 2.84. The van der Waals surface area contributed by atoms with Crippen molar-refractivity contribution in [2.24, 2.45) is 7.05 Å². The second-order valence-electron chi connectivity index (χ2n) is 4.86. The number of benzene rings is 1. The van der Waals surface area contributed by atoms with Crippen molar-refractivity contribution < 1.29 is 4.74 Å². The number of hydrogen-bond acceptors (Lipinski definition) is 4. The number of anilines is 1. The average molecular weight is 266 g/mol. The van der Waals surface area contributed by atoms with Crippen LogP contribution in [0.5, 0.6) is 5.75 Å². The molecule has 0 aliphatic carbocycles. The van der Waals surface area contributed by atoms with Crippen molar-refractivity contribution in [3.8, 4) is 5.75 Å². The number of imidazole rings is 1. The van der Waals surface area contributed by atoms with Gasteiger partial charge in [0, 0.05) is 13.2 Å². The van der Waals surface area contributed by atoms with E-state index in [9.17, 15) is 0 Å². The van der Waals surface area contributed by atoms with E-state index in [2.05, 4.69) is 15.3 Å². The molecular formula is C15H14N4O. The van der Waals surface area contributed by atoms with Crippen LogP contribution in [-0.2, 0) is 7.05 Å². The summed E-state index contributed by atoms with van der Waals surface area (Å²) in [6.07, 6.45) is 1.67. The molecule has 0 amide bonds. The van der Waals surface area contributed by atoms with E-state index in [-0.39, 0.29) is 6.10 Å². The van der Waals surface area contributed by atoms with Crippen LogP contribution < -0.4 is 10.1 Å². The zero-order valence-electron chi connectivity index (χ0n) is 11.1. The maximum absolute atomic E-state index is 6.05. The normalized spacial score (nSPS) is 17.4. The monoisotopic (exact) mass is 266 g/mol. The van der Waals surface area contributed by atoms with Crippen LogP contribution in [0.3, 0.4) is 0 Å². The largest absolute Gasteiger partial charge is 0.478 e. The minimum Gasteiger partial charge on any atom is -0.478 e. The van der Waals surface area contributed by atoms with Gasteiger partial charge in [-0.15, -0.1) is 0 Å². The van der Waals surface area contributed by atoms with E-state index in [1.54, 1.807) is 6.20 Å². The zero-order valence-corrected chi connectivity index (χ0v) is 11.1. The molecule has 3 heterocycles. The lowest BCUT2D eigenvalue weighted by molar-refractivity contribution is 0.197. The topological polar surface area (TPSA) is 52.0 Å². The number of ether oxygens (including phenoxy) is 1. The van der Waals surface area contributed by atoms with Gasteiger partial charge in [-0.2, -0.15) is 0 Å². The number of rotatable bonds is 1. The second kappa shape index (κ2) is 4.23. The van der Waals surface area contributed by atoms with E-state index >= 15 is 0 Å². The van der Waals surface area contributed by atoms with Crippen LogP contribution in [0, 0.1) is 0 Å². The van der Waals surface area contributed by atoms with E-state index in [4.69, 9.17) is 4.74 Å². The first-order valence-electron chi connectivity index (χ1n) is 6.60. The van der Waals surface area contributed by atoms with Crippen LogP contribution in [0.15, 0.2) is 42.6 Å². The highest BCUT2D eigenvalue weighted by atomic mass is 16.5. The fourth-order valence-corrected chi connectivity index (χ4v) is 2.59. The first-order valence-corrected chi connectivity index (χ1v) is 6.60. The van der Waals surface area contributed by atoms with Gasteiger partial charge < -0.3 is 14.6 Å². The molecule has 4 rings (SSSR count). The van der Waals surface area contributed by atoms with Crippen molar-refractivity contribution in [1.29, 1.82) is 0 Å². The molecule has 2 aromatic heterocycles. The summed E-state index contributed by atoms with van der Waals surface area (Å²) in [5.41, 5.74) is 2.80. The molecule has 0 spiro atoms. The number of fused-ring (bicyclic) bond motifs is 2. The lowest BCUT2D eigenvalue weighted by Gasteiger charge is -2.26. The summed E-state index contributed by atoms with van der Waals surface area (Å²) >= 11 is 0. The van der Waals surface area contributed by atoms with Crippen LogP contribution in [0.4, 0.5) is 5.69 Å². The summed E-state index contributed by atoms with van der Waals surface area (Å²) in [6, 6.07) is 11.8. The van der Waals surface area contributed by atoms with Gasteiger partial charge in [0.05, 0.1) is 12.2 Å². The maximum Gasteiger partial charge on any atom is 0.173 e. The Balaban J connectivity index is 1.76. The number of hydrogen-bond donors (Lipinski definition) is 1. The quantitative estimate of drug-likeness (QED) is 0.735. The number of aryl methyl sites for hydroxylation is 1. The molecule has 5 heteroatoms. The summed E-state index contributed by atoms with van der Waals surface area (Å²) < 4.78 is 8.05. The Hall–Kier alpha value is -2.56. The highest BCUT2D eigenvalue weighted by Gasteiger charge is 2.25. The molecule has 1 aromatic carbocycles. The van der Waals surface area contributed by atoms with Crippen LogP contribution in [-0.4, -0.2) is 21.1 Å². The van der Waals surface area contributed by atoms with Crippen LogP contribution in [0.1, 0.15) is 11.9 Å². The number of nitrogens with one attached hydrogen (secondary N) is 1. The van der Waals surface area contributed by atoms with E-state index in [0.717, 1.165) is 28.4 Å². The third kappa shape index (κ3) is 1.63. The highest BCUT2D eigenvalue weighted by molar-refractivity contribution is 5.71. The van der Waals surface area contributed by atoms with Crippen LogP contribution in [0.2, 0.25) is 0 Å². The molecule has 0 saturated heterocycles. The molecule has 0 bridgehead atoms. The summed E-state index contributed by atoms with van der Waals surface area (Å²) in [5.74, 6) is 1.75. The molecule has 20 heavy (non-hydrogen) atoms. The second-order valence-corrected chi connectivity index (χ2v) is 4.86.